The van der Waals surface area contributed by atoms with Crippen LogP contribution in [0, 0.1) is 5.92 Å². The van der Waals surface area contributed by atoms with Gasteiger partial charge in [0.25, 0.3) is 0 Å². The lowest BCUT2D eigenvalue weighted by Gasteiger charge is -2.06. The van der Waals surface area contributed by atoms with Crippen molar-refractivity contribution >= 4 is 28.5 Å². The second-order valence-corrected chi connectivity index (χ2v) is 5.05. The van der Waals surface area contributed by atoms with E-state index in [-0.39, 0.29) is 0 Å². The Morgan fingerprint density at radius 3 is 2.93 bits per heavy atom. The highest BCUT2D eigenvalue weighted by Crippen LogP contribution is 2.33. The fourth-order valence-corrected chi connectivity index (χ4v) is 2.74. The number of allylic oxidation sites excluding steroid dienone is 4. The number of hydrogen-bond acceptors (Lipinski definition) is 2. The zero-order valence-corrected chi connectivity index (χ0v) is 10.3. The van der Waals surface area contributed by atoms with E-state index in [1.807, 2.05) is 11.6 Å². The van der Waals surface area contributed by atoms with E-state index < -0.39 is 0 Å². The van der Waals surface area contributed by atoms with Crippen molar-refractivity contribution in [1.29, 1.82) is 0 Å². The van der Waals surface area contributed by atoms with Crippen molar-refractivity contribution in [3.8, 4) is 0 Å². The van der Waals surface area contributed by atoms with Crippen LogP contribution in [0.2, 0.25) is 0 Å². The average molecular weight is 240 g/mol. The van der Waals surface area contributed by atoms with Crippen LogP contribution in [0.5, 0.6) is 0 Å². The van der Waals surface area contributed by atoms with Crippen molar-refractivity contribution < 1.29 is 0 Å². The van der Waals surface area contributed by atoms with Gasteiger partial charge >= 0.3 is 0 Å². The van der Waals surface area contributed by atoms with Crippen LogP contribution in [0.25, 0.3) is 5.57 Å². The van der Waals surface area contributed by atoms with E-state index in [1.54, 1.807) is 11.3 Å². The van der Waals surface area contributed by atoms with Crippen molar-refractivity contribution in [1.82, 2.24) is 4.98 Å². The molecule has 1 heterocycles. The summed E-state index contributed by atoms with van der Waals surface area (Å²) < 4.78 is 0. The molecule has 0 saturated heterocycles. The van der Waals surface area contributed by atoms with E-state index in [2.05, 4.69) is 24.1 Å². The third-order valence-corrected chi connectivity index (χ3v) is 3.95. The Bertz CT molecular complexity index is 378. The number of thiazole rings is 1. The van der Waals surface area contributed by atoms with Crippen molar-refractivity contribution in [2.24, 2.45) is 5.92 Å². The number of halogens is 1. The molecule has 0 fully saturated rings. The van der Waals surface area contributed by atoms with Gasteiger partial charge in [-0.25, -0.2) is 4.98 Å². The maximum atomic E-state index is 6.26. The topological polar surface area (TPSA) is 12.9 Å². The fraction of sp³-hybridized carbons (Fsp3) is 0.417. The van der Waals surface area contributed by atoms with Gasteiger partial charge in [-0.15, -0.1) is 11.3 Å². The highest BCUT2D eigenvalue weighted by Gasteiger charge is 2.14. The lowest BCUT2D eigenvalue weighted by Crippen LogP contribution is -1.93. The predicted octanol–water partition coefficient (Wildman–Crippen LogP) is 4.47. The first-order chi connectivity index (χ1) is 7.31. The molecule has 0 N–H and O–H groups in total. The van der Waals surface area contributed by atoms with Crippen molar-refractivity contribution in [3.05, 3.63) is 33.8 Å². The monoisotopic (exact) mass is 239 g/mol. The largest absolute Gasteiger partial charge is 0.245 e. The van der Waals surface area contributed by atoms with Gasteiger partial charge in [-0.1, -0.05) is 37.1 Å². The highest BCUT2D eigenvalue weighted by atomic mass is 35.5. The zero-order chi connectivity index (χ0) is 10.7. The fourth-order valence-electron chi connectivity index (χ4n) is 1.74. The average Bonchev–Trinajstić information content (AvgIpc) is 2.70. The maximum absolute atomic E-state index is 6.26. The number of aromatic nitrogens is 1. The Balaban J connectivity index is 2.27. The van der Waals surface area contributed by atoms with Crippen molar-refractivity contribution in [2.75, 3.05) is 0 Å². The van der Waals surface area contributed by atoms with Gasteiger partial charge in [0.1, 0.15) is 5.01 Å². The summed E-state index contributed by atoms with van der Waals surface area (Å²) in [7, 11) is 0. The smallest absolute Gasteiger partial charge is 0.124 e. The van der Waals surface area contributed by atoms with Crippen molar-refractivity contribution in [2.45, 2.75) is 26.2 Å². The van der Waals surface area contributed by atoms with E-state index >= 15 is 0 Å². The molecule has 2 rings (SSSR count). The minimum absolute atomic E-state index is 0.733. The summed E-state index contributed by atoms with van der Waals surface area (Å²) in [5.74, 6) is 0.733. The van der Waals surface area contributed by atoms with E-state index in [9.17, 15) is 0 Å². The summed E-state index contributed by atoms with van der Waals surface area (Å²) in [5, 5.41) is 3.89. The second kappa shape index (κ2) is 4.95. The zero-order valence-electron chi connectivity index (χ0n) is 8.74. The molecule has 80 valence electrons. The normalized spacial score (nSPS) is 21.9. The molecule has 0 aliphatic heterocycles. The highest BCUT2D eigenvalue weighted by molar-refractivity contribution is 7.10. The molecular formula is C12H14ClNS. The number of hydrogen-bond donors (Lipinski definition) is 0. The van der Waals surface area contributed by atoms with Crippen LogP contribution in [0.15, 0.2) is 28.8 Å². The third-order valence-electron chi connectivity index (χ3n) is 2.78. The van der Waals surface area contributed by atoms with Crippen LogP contribution >= 0.6 is 22.9 Å². The van der Waals surface area contributed by atoms with E-state index in [0.29, 0.717) is 0 Å². The van der Waals surface area contributed by atoms with Gasteiger partial charge in [0.05, 0.1) is 0 Å². The molecule has 0 bridgehead atoms. The Kier molecular flexibility index (Phi) is 3.60. The van der Waals surface area contributed by atoms with Crippen LogP contribution in [-0.4, -0.2) is 4.98 Å². The molecule has 0 saturated carbocycles. The molecule has 3 heteroatoms. The van der Waals surface area contributed by atoms with Gasteiger partial charge in [-0.3, -0.25) is 0 Å². The van der Waals surface area contributed by atoms with Crippen LogP contribution in [0.3, 0.4) is 0 Å². The first kappa shape index (κ1) is 10.9. The summed E-state index contributed by atoms with van der Waals surface area (Å²) in [5.41, 5.74) is 1.11. The van der Waals surface area contributed by atoms with Gasteiger partial charge in [-0.05, 0) is 18.8 Å². The lowest BCUT2D eigenvalue weighted by atomic mass is 9.99. The third kappa shape index (κ3) is 2.50. The van der Waals surface area contributed by atoms with Gasteiger partial charge < -0.3 is 0 Å². The van der Waals surface area contributed by atoms with Crippen LogP contribution in [-0.2, 0) is 0 Å². The van der Waals surface area contributed by atoms with Crippen molar-refractivity contribution in [3.63, 3.8) is 0 Å². The summed E-state index contributed by atoms with van der Waals surface area (Å²) in [6.45, 7) is 2.23. The molecule has 15 heavy (non-hydrogen) atoms. The molecule has 1 aromatic heterocycles. The van der Waals surface area contributed by atoms with E-state index in [0.717, 1.165) is 34.4 Å². The molecule has 1 atom stereocenters. The Hall–Kier alpha value is -0.600. The van der Waals surface area contributed by atoms with E-state index in [1.165, 1.54) is 6.42 Å². The van der Waals surface area contributed by atoms with Crippen LogP contribution in [0.1, 0.15) is 31.2 Å². The Labute approximate surface area is 99.5 Å². The van der Waals surface area contributed by atoms with Crippen LogP contribution < -0.4 is 0 Å². The van der Waals surface area contributed by atoms with Gasteiger partial charge in [-0.2, -0.15) is 0 Å². The first-order valence-corrected chi connectivity index (χ1v) is 6.53. The molecule has 0 radical (unpaired) electrons. The van der Waals surface area contributed by atoms with Crippen LogP contribution in [0.4, 0.5) is 0 Å². The molecule has 0 aromatic carbocycles. The summed E-state index contributed by atoms with van der Waals surface area (Å²) in [4.78, 5) is 4.31. The number of nitrogens with zero attached hydrogens (tertiary/aromatic N) is 1. The molecule has 1 unspecified atom stereocenters. The molecular weight excluding hydrogens is 226 g/mol. The molecule has 1 nitrogen and oxygen atoms in total. The van der Waals surface area contributed by atoms with E-state index in [4.69, 9.17) is 11.6 Å². The molecule has 0 amide bonds. The summed E-state index contributed by atoms with van der Waals surface area (Å²) in [6, 6.07) is 0. The maximum Gasteiger partial charge on any atom is 0.124 e. The lowest BCUT2D eigenvalue weighted by molar-refractivity contribution is 0.526. The second-order valence-electron chi connectivity index (χ2n) is 3.75. The predicted molar refractivity (Wildman–Crippen MR) is 67.0 cm³/mol. The summed E-state index contributed by atoms with van der Waals surface area (Å²) >= 11 is 7.91. The van der Waals surface area contributed by atoms with Gasteiger partial charge in [0.15, 0.2) is 0 Å². The molecule has 1 aromatic rings. The number of rotatable bonds is 2. The van der Waals surface area contributed by atoms with Gasteiger partial charge in [0, 0.05) is 22.2 Å². The molecule has 1 aliphatic rings. The molecule has 0 spiro atoms. The van der Waals surface area contributed by atoms with Gasteiger partial charge in [0.2, 0.25) is 0 Å². The summed E-state index contributed by atoms with van der Waals surface area (Å²) in [6.07, 6.45) is 9.60. The minimum atomic E-state index is 0.733. The minimum Gasteiger partial charge on any atom is -0.245 e. The Morgan fingerprint density at radius 1 is 1.47 bits per heavy atom. The SMILES string of the molecule is CCC1CC=C(Cl)C(c2nccs2)=CC1. The Morgan fingerprint density at radius 2 is 2.27 bits per heavy atom. The quantitative estimate of drug-likeness (QED) is 0.742. The first-order valence-electron chi connectivity index (χ1n) is 5.27. The molecule has 1 aliphatic carbocycles. The standard InChI is InChI=1S/C12H14ClNS/c1-2-9-3-5-10(11(13)6-4-9)12-14-7-8-15-12/h5-9H,2-4H2,1H3.